The third-order valence-corrected chi connectivity index (χ3v) is 3.90. The minimum Gasteiger partial charge on any atom is -0.497 e. The Labute approximate surface area is 101 Å². The van der Waals surface area contributed by atoms with Crippen molar-refractivity contribution in [3.05, 3.63) is 23.8 Å². The van der Waals surface area contributed by atoms with E-state index >= 15 is 0 Å². The summed E-state index contributed by atoms with van der Waals surface area (Å²) < 4.78 is 33.6. The van der Waals surface area contributed by atoms with Gasteiger partial charge in [0.25, 0.3) is 0 Å². The minimum absolute atomic E-state index is 0.0344. The van der Waals surface area contributed by atoms with Crippen LogP contribution in [0.3, 0.4) is 0 Å². The van der Waals surface area contributed by atoms with Crippen LogP contribution in [-0.2, 0) is 15.6 Å². The molecular weight excluding hydrogens is 242 g/mol. The van der Waals surface area contributed by atoms with Crippen LogP contribution in [0.2, 0.25) is 0 Å². The molecule has 0 aliphatic carbocycles. The topological polar surface area (TPSA) is 78.6 Å². The molecule has 96 valence electrons. The number of hydrogen-bond acceptors (Lipinski definition) is 5. The van der Waals surface area contributed by atoms with E-state index in [9.17, 15) is 8.42 Å². The van der Waals surface area contributed by atoms with Gasteiger partial charge in [0.2, 0.25) is 0 Å². The van der Waals surface area contributed by atoms with Gasteiger partial charge in [0.05, 0.1) is 25.7 Å². The fraction of sp³-hybridized carbons (Fsp3) is 0.455. The second kappa shape index (κ2) is 5.88. The molecule has 0 saturated carbocycles. The highest BCUT2D eigenvalue weighted by atomic mass is 32.2. The van der Waals surface area contributed by atoms with Crippen molar-refractivity contribution in [1.29, 1.82) is 0 Å². The van der Waals surface area contributed by atoms with Crippen molar-refractivity contribution in [1.82, 2.24) is 0 Å². The fourth-order valence-electron chi connectivity index (χ4n) is 1.48. The summed E-state index contributed by atoms with van der Waals surface area (Å²) >= 11 is 0. The van der Waals surface area contributed by atoms with Crippen molar-refractivity contribution in [3.63, 3.8) is 0 Å². The highest BCUT2D eigenvalue weighted by Gasteiger charge is 2.15. The first-order valence-electron chi connectivity index (χ1n) is 5.14. The van der Waals surface area contributed by atoms with E-state index in [0.717, 1.165) is 0 Å². The molecule has 0 aliphatic heterocycles. The summed E-state index contributed by atoms with van der Waals surface area (Å²) in [6.45, 7) is 0.120. The first-order chi connectivity index (χ1) is 8.02. The maximum Gasteiger partial charge on any atom is 0.155 e. The molecule has 0 aliphatic rings. The van der Waals surface area contributed by atoms with Crippen molar-refractivity contribution < 1.29 is 17.9 Å². The third kappa shape index (κ3) is 3.90. The SMILES string of the molecule is COc1ccc(OC)c(CS(=O)(=O)CCN)c1. The maximum absolute atomic E-state index is 11.7. The first-order valence-corrected chi connectivity index (χ1v) is 6.96. The summed E-state index contributed by atoms with van der Waals surface area (Å²) in [7, 11) is -0.174. The molecule has 0 fully saturated rings. The van der Waals surface area contributed by atoms with E-state index in [0.29, 0.717) is 17.1 Å². The third-order valence-electron chi connectivity index (χ3n) is 2.29. The number of rotatable bonds is 6. The molecule has 17 heavy (non-hydrogen) atoms. The van der Waals surface area contributed by atoms with Gasteiger partial charge in [-0.1, -0.05) is 0 Å². The Bertz CT molecular complexity index is 470. The summed E-state index contributed by atoms with van der Waals surface area (Å²) in [4.78, 5) is 0. The highest BCUT2D eigenvalue weighted by molar-refractivity contribution is 7.90. The quantitative estimate of drug-likeness (QED) is 0.808. The molecule has 5 nitrogen and oxygen atoms in total. The van der Waals surface area contributed by atoms with E-state index in [4.69, 9.17) is 15.2 Å². The minimum atomic E-state index is -3.20. The van der Waals surface area contributed by atoms with E-state index in [-0.39, 0.29) is 18.1 Å². The first kappa shape index (κ1) is 13.8. The molecule has 0 spiro atoms. The number of sulfone groups is 1. The Morgan fingerprint density at radius 3 is 2.47 bits per heavy atom. The van der Waals surface area contributed by atoms with E-state index < -0.39 is 9.84 Å². The van der Waals surface area contributed by atoms with E-state index in [1.54, 1.807) is 18.2 Å². The second-order valence-corrected chi connectivity index (χ2v) is 5.74. The number of benzene rings is 1. The molecule has 0 bridgehead atoms. The van der Waals surface area contributed by atoms with Gasteiger partial charge in [-0.05, 0) is 18.2 Å². The summed E-state index contributed by atoms with van der Waals surface area (Å²) in [5.74, 6) is 1.01. The molecule has 0 atom stereocenters. The summed E-state index contributed by atoms with van der Waals surface area (Å²) in [5.41, 5.74) is 5.84. The van der Waals surface area contributed by atoms with Crippen molar-refractivity contribution >= 4 is 9.84 Å². The Morgan fingerprint density at radius 2 is 1.94 bits per heavy atom. The van der Waals surface area contributed by atoms with E-state index in [1.807, 2.05) is 0 Å². The van der Waals surface area contributed by atoms with Crippen molar-refractivity contribution in [2.24, 2.45) is 5.73 Å². The molecule has 6 heteroatoms. The van der Waals surface area contributed by atoms with Crippen LogP contribution in [0.5, 0.6) is 11.5 Å². The van der Waals surface area contributed by atoms with Gasteiger partial charge < -0.3 is 15.2 Å². The molecule has 2 N–H and O–H groups in total. The molecule has 1 aromatic rings. The zero-order valence-corrected chi connectivity index (χ0v) is 10.8. The lowest BCUT2D eigenvalue weighted by molar-refractivity contribution is 0.400. The average molecular weight is 259 g/mol. The van der Waals surface area contributed by atoms with Crippen molar-refractivity contribution in [2.45, 2.75) is 5.75 Å². The molecule has 1 aromatic carbocycles. The lowest BCUT2D eigenvalue weighted by atomic mass is 10.2. The van der Waals surface area contributed by atoms with Crippen LogP contribution >= 0.6 is 0 Å². The van der Waals surface area contributed by atoms with Crippen LogP contribution in [-0.4, -0.2) is 34.9 Å². The normalized spacial score (nSPS) is 11.2. The molecule has 0 heterocycles. The van der Waals surface area contributed by atoms with Crippen LogP contribution in [0.15, 0.2) is 18.2 Å². The highest BCUT2D eigenvalue weighted by Crippen LogP contribution is 2.25. The molecular formula is C11H17NO4S. The number of methoxy groups -OCH3 is 2. The second-order valence-electron chi connectivity index (χ2n) is 3.56. The van der Waals surface area contributed by atoms with Gasteiger partial charge in [-0.25, -0.2) is 8.42 Å². The Morgan fingerprint density at radius 1 is 1.24 bits per heavy atom. The molecule has 0 amide bonds. The molecule has 1 rings (SSSR count). The van der Waals surface area contributed by atoms with E-state index in [2.05, 4.69) is 0 Å². The van der Waals surface area contributed by atoms with Gasteiger partial charge in [0.1, 0.15) is 11.5 Å². The maximum atomic E-state index is 11.7. The van der Waals surface area contributed by atoms with Crippen LogP contribution < -0.4 is 15.2 Å². The predicted molar refractivity (Wildman–Crippen MR) is 66.1 cm³/mol. The Kier molecular flexibility index (Phi) is 4.77. The van der Waals surface area contributed by atoms with Gasteiger partial charge in [-0.15, -0.1) is 0 Å². The van der Waals surface area contributed by atoms with Crippen LogP contribution in [0.1, 0.15) is 5.56 Å². The summed E-state index contributed by atoms with van der Waals surface area (Å²) in [5, 5.41) is 0. The largest absolute Gasteiger partial charge is 0.497 e. The van der Waals surface area contributed by atoms with Crippen LogP contribution in [0.4, 0.5) is 0 Å². The molecule has 0 saturated heterocycles. The monoisotopic (exact) mass is 259 g/mol. The summed E-state index contributed by atoms with van der Waals surface area (Å²) in [6, 6.07) is 5.07. The zero-order valence-electron chi connectivity index (χ0n) is 9.97. The zero-order chi connectivity index (χ0) is 12.9. The Hall–Kier alpha value is -1.27. The van der Waals surface area contributed by atoms with Gasteiger partial charge in [-0.2, -0.15) is 0 Å². The lowest BCUT2D eigenvalue weighted by Crippen LogP contribution is -2.17. The summed E-state index contributed by atoms with van der Waals surface area (Å²) in [6.07, 6.45) is 0. The van der Waals surface area contributed by atoms with Gasteiger partial charge in [0.15, 0.2) is 9.84 Å². The van der Waals surface area contributed by atoms with Crippen LogP contribution in [0.25, 0.3) is 0 Å². The van der Waals surface area contributed by atoms with Crippen molar-refractivity contribution in [2.75, 3.05) is 26.5 Å². The number of hydrogen-bond donors (Lipinski definition) is 1. The number of nitrogens with two attached hydrogens (primary N) is 1. The number of ether oxygens (including phenoxy) is 2. The Balaban J connectivity index is 3.03. The van der Waals surface area contributed by atoms with Gasteiger partial charge >= 0.3 is 0 Å². The molecule has 0 radical (unpaired) electrons. The fourth-order valence-corrected chi connectivity index (χ4v) is 2.69. The van der Waals surface area contributed by atoms with Crippen LogP contribution in [0, 0.1) is 0 Å². The standard InChI is InChI=1S/C11H17NO4S/c1-15-10-3-4-11(16-2)9(7-10)8-17(13,14)6-5-12/h3-4,7H,5-6,8,12H2,1-2H3. The lowest BCUT2D eigenvalue weighted by Gasteiger charge is -2.10. The molecule has 0 unspecified atom stereocenters. The molecule has 0 aromatic heterocycles. The predicted octanol–water partition coefficient (Wildman–Crippen LogP) is 0.577. The van der Waals surface area contributed by atoms with Crippen molar-refractivity contribution in [3.8, 4) is 11.5 Å². The smallest absolute Gasteiger partial charge is 0.155 e. The van der Waals surface area contributed by atoms with Gasteiger partial charge in [-0.3, -0.25) is 0 Å². The van der Waals surface area contributed by atoms with E-state index in [1.165, 1.54) is 14.2 Å². The van der Waals surface area contributed by atoms with Gasteiger partial charge in [0, 0.05) is 12.1 Å². The average Bonchev–Trinajstić information content (AvgIpc) is 2.28.